The second-order valence-corrected chi connectivity index (χ2v) is 10.3. The molecule has 1 amide bonds. The summed E-state index contributed by atoms with van der Waals surface area (Å²) in [5.41, 5.74) is 1.32. The number of halogens is 1. The zero-order valence-electron chi connectivity index (χ0n) is 22.0. The summed E-state index contributed by atoms with van der Waals surface area (Å²) in [7, 11) is 0. The highest BCUT2D eigenvalue weighted by Gasteiger charge is 2.31. The fourth-order valence-corrected chi connectivity index (χ4v) is 5.55. The number of imidazole rings is 1. The predicted octanol–water partition coefficient (Wildman–Crippen LogP) is 4.48. The van der Waals surface area contributed by atoms with Gasteiger partial charge in [0.2, 0.25) is 11.2 Å². The van der Waals surface area contributed by atoms with Crippen LogP contribution in [0, 0.1) is 5.92 Å². The van der Waals surface area contributed by atoms with E-state index in [-0.39, 0.29) is 28.4 Å². The number of carbonyl (C=O) groups excluding carboxylic acids is 1. The molecular formula is C28H38ClN5O3. The Hall–Kier alpha value is -2.87. The average molecular weight is 528 g/mol. The van der Waals surface area contributed by atoms with E-state index in [4.69, 9.17) is 11.6 Å². The van der Waals surface area contributed by atoms with Gasteiger partial charge in [0.15, 0.2) is 11.2 Å². The van der Waals surface area contributed by atoms with Gasteiger partial charge in [-0.3, -0.25) is 18.7 Å². The molecule has 0 bridgehead atoms. The van der Waals surface area contributed by atoms with Gasteiger partial charge in [0.1, 0.15) is 0 Å². The Labute approximate surface area is 222 Å². The van der Waals surface area contributed by atoms with Crippen LogP contribution in [0.4, 0.5) is 0 Å². The number of aryl methyl sites for hydroxylation is 2. The van der Waals surface area contributed by atoms with Gasteiger partial charge in [0.25, 0.3) is 5.56 Å². The van der Waals surface area contributed by atoms with E-state index in [0.717, 1.165) is 51.5 Å². The largest absolute Gasteiger partial charge is 0.342 e. The molecule has 1 aromatic carbocycles. The van der Waals surface area contributed by atoms with Gasteiger partial charge < -0.3 is 9.47 Å². The molecule has 0 radical (unpaired) electrons. The molecule has 8 nitrogen and oxygen atoms in total. The van der Waals surface area contributed by atoms with Gasteiger partial charge >= 0.3 is 5.69 Å². The molecule has 37 heavy (non-hydrogen) atoms. The van der Waals surface area contributed by atoms with Crippen molar-refractivity contribution in [3.05, 3.63) is 62.0 Å². The first-order valence-electron chi connectivity index (χ1n) is 13.7. The SMILES string of the molecule is CCCCCn1c(=O)n(CCCCN2CCC(Cc3ccccc3)C2=O)c(=O)c2c1nc(Cl)n2CCC. The summed E-state index contributed by atoms with van der Waals surface area (Å²) in [4.78, 5) is 46.0. The zero-order valence-corrected chi connectivity index (χ0v) is 22.8. The summed E-state index contributed by atoms with van der Waals surface area (Å²) >= 11 is 6.38. The molecule has 0 aliphatic carbocycles. The number of aromatic nitrogens is 4. The molecule has 9 heteroatoms. The van der Waals surface area contributed by atoms with Crippen molar-refractivity contribution in [2.24, 2.45) is 5.92 Å². The maximum Gasteiger partial charge on any atom is 0.332 e. The molecule has 4 rings (SSSR count). The first-order valence-corrected chi connectivity index (χ1v) is 14.1. The minimum atomic E-state index is -0.334. The second-order valence-electron chi connectivity index (χ2n) is 10.0. The van der Waals surface area contributed by atoms with Crippen molar-refractivity contribution in [3.63, 3.8) is 0 Å². The van der Waals surface area contributed by atoms with Crippen molar-refractivity contribution >= 4 is 28.7 Å². The van der Waals surface area contributed by atoms with E-state index in [2.05, 4.69) is 24.0 Å². The van der Waals surface area contributed by atoms with Crippen LogP contribution in [0.3, 0.4) is 0 Å². The second kappa shape index (κ2) is 12.6. The van der Waals surface area contributed by atoms with Gasteiger partial charge in [-0.2, -0.15) is 4.98 Å². The lowest BCUT2D eigenvalue weighted by Crippen LogP contribution is -2.41. The Kier molecular flexibility index (Phi) is 9.24. The number of fused-ring (bicyclic) bond motifs is 1. The van der Waals surface area contributed by atoms with E-state index in [0.29, 0.717) is 43.8 Å². The molecule has 3 heterocycles. The van der Waals surface area contributed by atoms with Crippen LogP contribution >= 0.6 is 11.6 Å². The molecule has 0 saturated carbocycles. The number of unbranched alkanes of at least 4 members (excludes halogenated alkanes) is 3. The summed E-state index contributed by atoms with van der Waals surface area (Å²) < 4.78 is 4.67. The molecule has 1 atom stereocenters. The third-order valence-corrected chi connectivity index (χ3v) is 7.58. The quantitative estimate of drug-likeness (QED) is 0.242. The fourth-order valence-electron chi connectivity index (χ4n) is 5.30. The fraction of sp³-hybridized carbons (Fsp3) is 0.571. The van der Waals surface area contributed by atoms with Crippen molar-refractivity contribution in [1.29, 1.82) is 0 Å². The van der Waals surface area contributed by atoms with Crippen LogP contribution < -0.4 is 11.2 Å². The monoisotopic (exact) mass is 527 g/mol. The first kappa shape index (κ1) is 27.2. The normalized spacial score (nSPS) is 15.8. The van der Waals surface area contributed by atoms with Crippen LogP contribution in [-0.2, 0) is 30.8 Å². The van der Waals surface area contributed by atoms with Gasteiger partial charge in [-0.1, -0.05) is 57.0 Å². The molecule has 0 spiro atoms. The van der Waals surface area contributed by atoms with Gasteiger partial charge in [0.05, 0.1) is 0 Å². The van der Waals surface area contributed by atoms with Crippen LogP contribution in [0.5, 0.6) is 0 Å². The Morgan fingerprint density at radius 1 is 0.865 bits per heavy atom. The highest BCUT2D eigenvalue weighted by molar-refractivity contribution is 6.29. The van der Waals surface area contributed by atoms with Gasteiger partial charge in [-0.15, -0.1) is 0 Å². The summed E-state index contributed by atoms with van der Waals surface area (Å²) in [5, 5.41) is 0.243. The van der Waals surface area contributed by atoms with Crippen molar-refractivity contribution < 1.29 is 4.79 Å². The van der Waals surface area contributed by atoms with Crippen LogP contribution in [0.1, 0.15) is 64.4 Å². The summed E-state index contributed by atoms with van der Waals surface area (Å²) in [6.07, 6.45) is 6.68. The molecule has 1 aliphatic rings. The summed E-state index contributed by atoms with van der Waals surface area (Å²) in [6, 6.07) is 10.1. The molecule has 1 aliphatic heterocycles. The van der Waals surface area contributed by atoms with E-state index in [9.17, 15) is 14.4 Å². The van der Waals surface area contributed by atoms with Crippen molar-refractivity contribution in [2.75, 3.05) is 13.1 Å². The average Bonchev–Trinajstić information content (AvgIpc) is 3.40. The molecule has 1 unspecified atom stereocenters. The molecule has 1 fully saturated rings. The third kappa shape index (κ3) is 6.00. The Morgan fingerprint density at radius 2 is 1.57 bits per heavy atom. The first-order chi connectivity index (χ1) is 18.0. The number of likely N-dealkylation sites (tertiary alicyclic amines) is 1. The molecule has 0 N–H and O–H groups in total. The standard InChI is InChI=1S/C28H38ClN5O3/c1-3-5-9-17-33-24-23(32(15-4-2)27(29)30-24)26(36)34(28(33)37)18-11-10-16-31-19-14-22(25(31)35)20-21-12-7-6-8-13-21/h6-8,12-13,22H,3-5,9-11,14-20H2,1-2H3. The maximum atomic E-state index is 13.4. The van der Waals surface area contributed by atoms with E-state index in [1.165, 1.54) is 10.1 Å². The minimum absolute atomic E-state index is 0.0337. The van der Waals surface area contributed by atoms with Crippen molar-refractivity contribution in [2.45, 2.75) is 84.8 Å². The Morgan fingerprint density at radius 3 is 2.30 bits per heavy atom. The summed E-state index contributed by atoms with van der Waals surface area (Å²) in [6.45, 7) is 6.93. The van der Waals surface area contributed by atoms with Crippen molar-refractivity contribution in [1.82, 2.24) is 23.6 Å². The smallest absolute Gasteiger partial charge is 0.332 e. The van der Waals surface area contributed by atoms with E-state index in [1.54, 1.807) is 9.13 Å². The number of carbonyl (C=O) groups is 1. The van der Waals surface area contributed by atoms with Crippen LogP contribution in [0.15, 0.2) is 39.9 Å². The van der Waals surface area contributed by atoms with Gasteiger partial charge in [-0.05, 0) is 55.7 Å². The number of nitrogens with zero attached hydrogens (tertiary/aromatic N) is 5. The summed E-state index contributed by atoms with van der Waals surface area (Å²) in [5.74, 6) is 0.241. The number of benzene rings is 1. The highest BCUT2D eigenvalue weighted by atomic mass is 35.5. The van der Waals surface area contributed by atoms with Crippen LogP contribution in [0.2, 0.25) is 5.28 Å². The van der Waals surface area contributed by atoms with E-state index >= 15 is 0 Å². The number of hydrogen-bond donors (Lipinski definition) is 0. The topological polar surface area (TPSA) is 82.1 Å². The number of rotatable bonds is 13. The van der Waals surface area contributed by atoms with Crippen LogP contribution in [-0.4, -0.2) is 42.6 Å². The maximum absolute atomic E-state index is 13.4. The van der Waals surface area contributed by atoms with E-state index in [1.807, 2.05) is 30.0 Å². The molecular weight excluding hydrogens is 490 g/mol. The lowest BCUT2D eigenvalue weighted by molar-refractivity contribution is -0.131. The Balaban J connectivity index is 1.45. The van der Waals surface area contributed by atoms with E-state index < -0.39 is 0 Å². The number of hydrogen-bond acceptors (Lipinski definition) is 4. The predicted molar refractivity (Wildman–Crippen MR) is 147 cm³/mol. The molecule has 3 aromatic rings. The minimum Gasteiger partial charge on any atom is -0.342 e. The molecule has 1 saturated heterocycles. The van der Waals surface area contributed by atoms with Crippen molar-refractivity contribution in [3.8, 4) is 0 Å². The lowest BCUT2D eigenvalue weighted by atomic mass is 9.98. The zero-order chi connectivity index (χ0) is 26.4. The molecule has 2 aromatic heterocycles. The lowest BCUT2D eigenvalue weighted by Gasteiger charge is -2.17. The van der Waals surface area contributed by atoms with Gasteiger partial charge in [0, 0.05) is 38.6 Å². The highest BCUT2D eigenvalue weighted by Crippen LogP contribution is 2.23. The number of amides is 1. The van der Waals surface area contributed by atoms with Gasteiger partial charge in [-0.25, -0.2) is 4.79 Å². The van der Waals surface area contributed by atoms with Crippen LogP contribution in [0.25, 0.3) is 11.2 Å². The third-order valence-electron chi connectivity index (χ3n) is 7.29. The Bertz CT molecular complexity index is 1330. The molecule has 200 valence electrons.